The molecule has 1 aliphatic heterocycles. The van der Waals surface area contributed by atoms with E-state index in [0.29, 0.717) is 16.7 Å². The number of benzene rings is 1. The van der Waals surface area contributed by atoms with Crippen LogP contribution in [0.25, 0.3) is 5.69 Å². The van der Waals surface area contributed by atoms with Crippen LogP contribution in [0.4, 0.5) is 0 Å². The summed E-state index contributed by atoms with van der Waals surface area (Å²) in [5, 5.41) is 14.4. The van der Waals surface area contributed by atoms with E-state index in [4.69, 9.17) is 23.8 Å². The zero-order valence-electron chi connectivity index (χ0n) is 16.3. The number of aliphatic hydroxyl groups is 1. The predicted molar refractivity (Wildman–Crippen MR) is 119 cm³/mol. The Morgan fingerprint density at radius 3 is 2.59 bits per heavy atom. The van der Waals surface area contributed by atoms with Crippen LogP contribution >= 0.6 is 23.8 Å². The minimum Gasteiger partial charge on any atom is -0.395 e. The van der Waals surface area contributed by atoms with E-state index in [1.54, 1.807) is 6.20 Å². The van der Waals surface area contributed by atoms with Crippen molar-refractivity contribution in [1.82, 2.24) is 19.8 Å². The highest BCUT2D eigenvalue weighted by Crippen LogP contribution is 2.41. The first-order valence-corrected chi connectivity index (χ1v) is 10.3. The lowest BCUT2D eigenvalue weighted by Crippen LogP contribution is -2.32. The molecular formula is C22H23ClN4OS. The van der Waals surface area contributed by atoms with Crippen molar-refractivity contribution in [3.8, 4) is 5.69 Å². The van der Waals surface area contributed by atoms with Gasteiger partial charge in [-0.15, -0.1) is 0 Å². The number of nitrogens with one attached hydrogen (secondary N) is 1. The van der Waals surface area contributed by atoms with Crippen LogP contribution in [0.3, 0.4) is 0 Å². The maximum Gasteiger partial charge on any atom is 0.170 e. The number of β-amino-alcohol motifs (C(OH)–C–C–N with tert-alkyl or cyclic N) is 1. The van der Waals surface area contributed by atoms with Crippen molar-refractivity contribution in [2.45, 2.75) is 25.9 Å². The fourth-order valence-corrected chi connectivity index (χ4v) is 4.62. The van der Waals surface area contributed by atoms with Crippen molar-refractivity contribution in [2.24, 2.45) is 0 Å². The van der Waals surface area contributed by atoms with Crippen LogP contribution in [0, 0.1) is 13.8 Å². The highest BCUT2D eigenvalue weighted by molar-refractivity contribution is 7.80. The van der Waals surface area contributed by atoms with Crippen LogP contribution in [0.5, 0.6) is 0 Å². The maximum atomic E-state index is 9.64. The molecule has 2 N–H and O–H groups in total. The molecule has 1 saturated heterocycles. The third-order valence-corrected chi connectivity index (χ3v) is 6.02. The minimum absolute atomic E-state index is 0.0309. The molecule has 0 unspecified atom stereocenters. The van der Waals surface area contributed by atoms with Gasteiger partial charge in [0.05, 0.1) is 24.4 Å². The quantitative estimate of drug-likeness (QED) is 0.601. The Morgan fingerprint density at radius 1 is 1.17 bits per heavy atom. The summed E-state index contributed by atoms with van der Waals surface area (Å²) in [6.07, 6.45) is 1.79. The number of hydrogen-bond acceptors (Lipinski definition) is 3. The maximum absolute atomic E-state index is 9.64. The van der Waals surface area contributed by atoms with Crippen molar-refractivity contribution >= 4 is 28.9 Å². The molecular weight excluding hydrogens is 404 g/mol. The summed E-state index contributed by atoms with van der Waals surface area (Å²) in [5.74, 6) is 0. The second-order valence-corrected chi connectivity index (χ2v) is 8.01. The number of pyridine rings is 1. The molecule has 29 heavy (non-hydrogen) atoms. The molecule has 1 fully saturated rings. The molecule has 2 aromatic heterocycles. The Kier molecular flexibility index (Phi) is 5.58. The zero-order chi connectivity index (χ0) is 20.5. The van der Waals surface area contributed by atoms with Crippen LogP contribution < -0.4 is 5.32 Å². The van der Waals surface area contributed by atoms with Crippen LogP contribution in [-0.2, 0) is 0 Å². The molecule has 4 rings (SSSR count). The minimum atomic E-state index is -0.0885. The number of aryl methyl sites for hydroxylation is 1. The number of aliphatic hydroxyl groups excluding tert-OH is 1. The average Bonchev–Trinajstić information content (AvgIpc) is 3.20. The topological polar surface area (TPSA) is 53.3 Å². The Hall–Kier alpha value is -2.41. The second kappa shape index (κ2) is 8.14. The summed E-state index contributed by atoms with van der Waals surface area (Å²) >= 11 is 11.7. The van der Waals surface area contributed by atoms with Crippen molar-refractivity contribution < 1.29 is 5.11 Å². The molecule has 2 atom stereocenters. The smallest absolute Gasteiger partial charge is 0.170 e. The number of rotatable bonds is 5. The summed E-state index contributed by atoms with van der Waals surface area (Å²) in [7, 11) is 0. The molecule has 0 radical (unpaired) electrons. The molecule has 0 saturated carbocycles. The van der Waals surface area contributed by atoms with Crippen molar-refractivity contribution in [3.05, 3.63) is 82.4 Å². The van der Waals surface area contributed by atoms with Crippen molar-refractivity contribution in [3.63, 3.8) is 0 Å². The van der Waals surface area contributed by atoms with E-state index in [1.165, 1.54) is 0 Å². The van der Waals surface area contributed by atoms with Crippen LogP contribution in [0.2, 0.25) is 5.02 Å². The monoisotopic (exact) mass is 426 g/mol. The van der Waals surface area contributed by atoms with Gasteiger partial charge in [-0.25, -0.2) is 0 Å². The van der Waals surface area contributed by atoms with Crippen LogP contribution in [0.15, 0.2) is 54.7 Å². The van der Waals surface area contributed by atoms with Crippen molar-refractivity contribution in [1.29, 1.82) is 0 Å². The lowest BCUT2D eigenvalue weighted by atomic mass is 9.97. The van der Waals surface area contributed by atoms with Gasteiger partial charge in [0.25, 0.3) is 0 Å². The van der Waals surface area contributed by atoms with E-state index >= 15 is 0 Å². The molecule has 0 aliphatic carbocycles. The zero-order valence-corrected chi connectivity index (χ0v) is 17.9. The summed E-state index contributed by atoms with van der Waals surface area (Å²) in [5.41, 5.74) is 5.41. The first-order chi connectivity index (χ1) is 14.0. The van der Waals surface area contributed by atoms with E-state index in [2.05, 4.69) is 39.7 Å². The first kappa shape index (κ1) is 19.9. The molecule has 1 aromatic carbocycles. The summed E-state index contributed by atoms with van der Waals surface area (Å²) in [6.45, 7) is 4.70. The highest BCUT2D eigenvalue weighted by atomic mass is 35.5. The Morgan fingerprint density at radius 2 is 1.93 bits per heavy atom. The van der Waals surface area contributed by atoms with Gasteiger partial charge in [0.15, 0.2) is 5.11 Å². The van der Waals surface area contributed by atoms with Crippen LogP contribution in [0.1, 0.15) is 34.7 Å². The molecule has 150 valence electrons. The van der Waals surface area contributed by atoms with E-state index in [1.807, 2.05) is 42.5 Å². The van der Waals surface area contributed by atoms with E-state index < -0.39 is 0 Å². The van der Waals surface area contributed by atoms with Gasteiger partial charge in [-0.3, -0.25) is 4.98 Å². The number of aromatic nitrogens is 2. The summed E-state index contributed by atoms with van der Waals surface area (Å²) in [6, 6.07) is 15.8. The Labute approximate surface area is 180 Å². The largest absolute Gasteiger partial charge is 0.395 e. The summed E-state index contributed by atoms with van der Waals surface area (Å²) in [4.78, 5) is 6.62. The van der Waals surface area contributed by atoms with Crippen molar-refractivity contribution in [2.75, 3.05) is 13.2 Å². The molecule has 0 spiro atoms. The van der Waals surface area contributed by atoms with Gasteiger partial charge in [-0.05, 0) is 74.1 Å². The van der Waals surface area contributed by atoms with Crippen LogP contribution in [-0.4, -0.2) is 37.8 Å². The standard InChI is InChI=1S/C22H23ClN4OS/c1-14-13-18(15(2)27(14)17-8-6-16(23)7-9-17)21-20(19-5-3-4-10-24-19)25-22(29)26(21)11-12-28/h3-10,13,20-21,28H,11-12H2,1-2H3,(H,25,29)/t20-,21-/m1/s1. The van der Waals surface area contributed by atoms with Gasteiger partial charge in [0.1, 0.15) is 0 Å². The number of hydrogen-bond donors (Lipinski definition) is 2. The molecule has 3 aromatic rings. The Bertz CT molecular complexity index is 1020. The van der Waals surface area contributed by atoms with Gasteiger partial charge >= 0.3 is 0 Å². The normalized spacial score (nSPS) is 18.9. The van der Waals surface area contributed by atoms with Gasteiger partial charge in [-0.1, -0.05) is 17.7 Å². The Balaban J connectivity index is 1.82. The average molecular weight is 427 g/mol. The molecule has 0 amide bonds. The lowest BCUT2D eigenvalue weighted by molar-refractivity contribution is 0.223. The third kappa shape index (κ3) is 3.64. The van der Waals surface area contributed by atoms with Gasteiger partial charge in [-0.2, -0.15) is 0 Å². The van der Waals surface area contributed by atoms with E-state index in [9.17, 15) is 5.11 Å². The van der Waals surface area contributed by atoms with Gasteiger partial charge in [0, 0.05) is 34.8 Å². The second-order valence-electron chi connectivity index (χ2n) is 7.18. The third-order valence-electron chi connectivity index (χ3n) is 5.41. The fourth-order valence-electron chi connectivity index (χ4n) is 4.17. The van der Waals surface area contributed by atoms with E-state index in [-0.39, 0.29) is 18.7 Å². The molecule has 5 nitrogen and oxygen atoms in total. The predicted octanol–water partition coefficient (Wildman–Crippen LogP) is 4.11. The number of nitrogens with zero attached hydrogens (tertiary/aromatic N) is 3. The highest BCUT2D eigenvalue weighted by Gasteiger charge is 2.41. The van der Waals surface area contributed by atoms with E-state index in [0.717, 1.165) is 28.3 Å². The molecule has 1 aliphatic rings. The number of halogens is 1. The summed E-state index contributed by atoms with van der Waals surface area (Å²) < 4.78 is 2.22. The van der Waals surface area contributed by atoms with Gasteiger partial charge in [0.2, 0.25) is 0 Å². The lowest BCUT2D eigenvalue weighted by Gasteiger charge is -2.27. The molecule has 3 heterocycles. The fraction of sp³-hybridized carbons (Fsp3) is 0.273. The molecule has 7 heteroatoms. The van der Waals surface area contributed by atoms with Gasteiger partial charge < -0.3 is 19.9 Å². The molecule has 0 bridgehead atoms. The SMILES string of the molecule is Cc1cc([C@@H]2[C@@H](c3ccccn3)NC(=S)N2CCO)c(C)n1-c1ccc(Cl)cc1. The number of thiocarbonyl (C=S) groups is 1. The first-order valence-electron chi connectivity index (χ1n) is 9.55.